The fourth-order valence-corrected chi connectivity index (χ4v) is 6.72. The first kappa shape index (κ1) is 23.4. The van der Waals surface area contributed by atoms with Crippen molar-refractivity contribution in [3.8, 4) is 17.6 Å². The molecule has 7 heteroatoms. The molecule has 2 aliphatic heterocycles. The molecule has 5 rings (SSSR count). The Labute approximate surface area is 206 Å². The normalized spacial score (nSPS) is 21.3. The first-order valence-corrected chi connectivity index (χ1v) is 13.1. The summed E-state index contributed by atoms with van der Waals surface area (Å²) in [6.07, 6.45) is 0.674. The zero-order valence-corrected chi connectivity index (χ0v) is 20.5. The standard InChI is InChI=1S/C28H28N2O4S/c1-19-6-11-23(12-7-19)35(32,33)30-15-14-24-27(18-31)29-26-13-10-21(17-25(26)28(24)30)9-8-20-4-3-5-22(16-20)34-2/h3-7,10-13,16-17,24,27-29,31H,14-15,18H2,1-2H3/t24-,27+,28-/m1/s1. The summed E-state index contributed by atoms with van der Waals surface area (Å²) >= 11 is 0. The topological polar surface area (TPSA) is 78.9 Å². The molecule has 2 N–H and O–H groups in total. The average molecular weight is 489 g/mol. The smallest absolute Gasteiger partial charge is 0.243 e. The number of hydrogen-bond acceptors (Lipinski definition) is 5. The molecule has 1 saturated heterocycles. The van der Waals surface area contributed by atoms with Gasteiger partial charge in [-0.2, -0.15) is 4.31 Å². The van der Waals surface area contributed by atoms with Gasteiger partial charge in [-0.1, -0.05) is 35.6 Å². The van der Waals surface area contributed by atoms with Crippen LogP contribution in [0, 0.1) is 24.7 Å². The quantitative estimate of drug-likeness (QED) is 0.544. The molecule has 0 saturated carbocycles. The van der Waals surface area contributed by atoms with Gasteiger partial charge in [-0.05, 0) is 67.4 Å². The van der Waals surface area contributed by atoms with Crippen LogP contribution in [0.25, 0.3) is 0 Å². The minimum Gasteiger partial charge on any atom is -0.497 e. The summed E-state index contributed by atoms with van der Waals surface area (Å²) in [4.78, 5) is 0.290. The van der Waals surface area contributed by atoms with E-state index in [2.05, 4.69) is 17.2 Å². The third-order valence-corrected chi connectivity index (χ3v) is 8.77. The van der Waals surface area contributed by atoms with Crippen molar-refractivity contribution >= 4 is 15.7 Å². The Balaban J connectivity index is 1.54. The van der Waals surface area contributed by atoms with Gasteiger partial charge in [0.05, 0.1) is 30.7 Å². The maximum Gasteiger partial charge on any atom is 0.243 e. The minimum absolute atomic E-state index is 0.0330. The van der Waals surface area contributed by atoms with Crippen LogP contribution in [-0.4, -0.2) is 44.1 Å². The number of anilines is 1. The lowest BCUT2D eigenvalue weighted by Gasteiger charge is -2.38. The van der Waals surface area contributed by atoms with E-state index in [4.69, 9.17) is 4.74 Å². The number of rotatable bonds is 4. The third-order valence-electron chi connectivity index (χ3n) is 6.87. The van der Waals surface area contributed by atoms with Gasteiger partial charge >= 0.3 is 0 Å². The molecule has 1 fully saturated rings. The molecule has 3 atom stereocenters. The molecule has 0 aliphatic carbocycles. The molecule has 0 radical (unpaired) electrons. The maximum atomic E-state index is 13.7. The van der Waals surface area contributed by atoms with Gasteiger partial charge in [0.2, 0.25) is 10.0 Å². The predicted octanol–water partition coefficient (Wildman–Crippen LogP) is 3.94. The van der Waals surface area contributed by atoms with Gasteiger partial charge < -0.3 is 15.2 Å². The summed E-state index contributed by atoms with van der Waals surface area (Å²) in [6.45, 7) is 2.28. The molecule has 0 spiro atoms. The number of nitrogens with zero attached hydrogens (tertiary/aromatic N) is 1. The van der Waals surface area contributed by atoms with Gasteiger partial charge in [-0.15, -0.1) is 0 Å². The molecular formula is C28H28N2O4S. The zero-order valence-electron chi connectivity index (χ0n) is 19.7. The van der Waals surface area contributed by atoms with Crippen LogP contribution < -0.4 is 10.1 Å². The van der Waals surface area contributed by atoms with Crippen molar-refractivity contribution in [2.75, 3.05) is 25.6 Å². The highest BCUT2D eigenvalue weighted by Crippen LogP contribution is 2.48. The van der Waals surface area contributed by atoms with E-state index in [-0.39, 0.29) is 24.6 Å². The number of ether oxygens (including phenoxy) is 1. The van der Waals surface area contributed by atoms with Crippen molar-refractivity contribution in [3.63, 3.8) is 0 Å². The number of benzene rings is 3. The van der Waals surface area contributed by atoms with Gasteiger partial charge in [-0.25, -0.2) is 8.42 Å². The molecule has 2 aliphatic rings. The van der Waals surface area contributed by atoms with Crippen molar-refractivity contribution in [2.24, 2.45) is 5.92 Å². The zero-order chi connectivity index (χ0) is 24.6. The Bertz CT molecular complexity index is 1410. The highest BCUT2D eigenvalue weighted by atomic mass is 32.2. The van der Waals surface area contributed by atoms with E-state index in [1.54, 1.807) is 23.5 Å². The highest BCUT2D eigenvalue weighted by molar-refractivity contribution is 7.89. The van der Waals surface area contributed by atoms with Crippen molar-refractivity contribution in [1.29, 1.82) is 0 Å². The van der Waals surface area contributed by atoms with Crippen LogP contribution in [0.4, 0.5) is 5.69 Å². The first-order chi connectivity index (χ1) is 16.9. The third kappa shape index (κ3) is 4.41. The Kier molecular flexibility index (Phi) is 6.28. The predicted molar refractivity (Wildman–Crippen MR) is 136 cm³/mol. The molecule has 0 amide bonds. The van der Waals surface area contributed by atoms with Crippen LogP contribution in [0.2, 0.25) is 0 Å². The molecule has 2 heterocycles. The summed E-state index contributed by atoms with van der Waals surface area (Å²) in [6, 6.07) is 19.8. The molecule has 35 heavy (non-hydrogen) atoms. The lowest BCUT2D eigenvalue weighted by Crippen LogP contribution is -2.42. The number of aliphatic hydroxyl groups is 1. The van der Waals surface area contributed by atoms with E-state index in [0.717, 1.165) is 33.7 Å². The summed E-state index contributed by atoms with van der Waals surface area (Å²) < 4.78 is 34.2. The fourth-order valence-electron chi connectivity index (χ4n) is 5.06. The van der Waals surface area contributed by atoms with E-state index < -0.39 is 10.0 Å². The summed E-state index contributed by atoms with van der Waals surface area (Å²) in [7, 11) is -2.08. The number of hydrogen-bond donors (Lipinski definition) is 2. The van der Waals surface area contributed by atoms with E-state index in [1.807, 2.05) is 61.5 Å². The monoisotopic (exact) mass is 488 g/mol. The lowest BCUT2D eigenvalue weighted by atomic mass is 9.83. The Morgan fingerprint density at radius 1 is 1.06 bits per heavy atom. The maximum absolute atomic E-state index is 13.7. The second-order valence-electron chi connectivity index (χ2n) is 9.04. The second kappa shape index (κ2) is 9.38. The van der Waals surface area contributed by atoms with E-state index in [1.165, 1.54) is 0 Å². The molecule has 0 unspecified atom stereocenters. The number of sulfonamides is 1. The molecular weight excluding hydrogens is 460 g/mol. The van der Waals surface area contributed by atoms with E-state index in [0.29, 0.717) is 17.9 Å². The number of aryl methyl sites for hydroxylation is 1. The van der Waals surface area contributed by atoms with Gasteiger partial charge in [0.1, 0.15) is 5.75 Å². The summed E-state index contributed by atoms with van der Waals surface area (Å²) in [5.41, 5.74) is 4.38. The number of nitrogens with one attached hydrogen (secondary N) is 1. The summed E-state index contributed by atoms with van der Waals surface area (Å²) in [5.74, 6) is 7.09. The molecule has 0 bridgehead atoms. The lowest BCUT2D eigenvalue weighted by molar-refractivity contribution is 0.210. The van der Waals surface area contributed by atoms with Crippen LogP contribution in [0.1, 0.15) is 34.7 Å². The molecule has 3 aromatic rings. The SMILES string of the molecule is COc1cccc(C#Cc2ccc3c(c2)[C@H]2[C@H](CCN2S(=O)(=O)c2ccc(C)cc2)[C@H](CO)N3)c1. The van der Waals surface area contributed by atoms with Crippen molar-refractivity contribution in [1.82, 2.24) is 4.31 Å². The Hall–Kier alpha value is -3.31. The largest absolute Gasteiger partial charge is 0.497 e. The van der Waals surface area contributed by atoms with Crippen molar-refractivity contribution < 1.29 is 18.3 Å². The molecule has 6 nitrogen and oxygen atoms in total. The number of methoxy groups -OCH3 is 1. The highest BCUT2D eigenvalue weighted by Gasteiger charge is 2.48. The van der Waals surface area contributed by atoms with Gasteiger partial charge in [0, 0.05) is 29.3 Å². The first-order valence-electron chi connectivity index (χ1n) is 11.7. The van der Waals surface area contributed by atoms with Crippen molar-refractivity contribution in [3.05, 3.63) is 89.0 Å². The van der Waals surface area contributed by atoms with Crippen LogP contribution in [0.15, 0.2) is 71.6 Å². The van der Waals surface area contributed by atoms with Crippen LogP contribution in [-0.2, 0) is 10.0 Å². The van der Waals surface area contributed by atoms with E-state index >= 15 is 0 Å². The van der Waals surface area contributed by atoms with Crippen LogP contribution in [0.5, 0.6) is 5.75 Å². The molecule has 180 valence electrons. The second-order valence-corrected chi connectivity index (χ2v) is 10.9. The number of aliphatic hydroxyl groups excluding tert-OH is 1. The van der Waals surface area contributed by atoms with E-state index in [9.17, 15) is 13.5 Å². The molecule has 0 aromatic heterocycles. The van der Waals surface area contributed by atoms with Crippen LogP contribution in [0.3, 0.4) is 0 Å². The van der Waals surface area contributed by atoms with Crippen LogP contribution >= 0.6 is 0 Å². The average Bonchev–Trinajstić information content (AvgIpc) is 3.34. The van der Waals surface area contributed by atoms with Crippen molar-refractivity contribution in [2.45, 2.75) is 30.3 Å². The van der Waals surface area contributed by atoms with Gasteiger partial charge in [0.25, 0.3) is 0 Å². The molecule has 3 aromatic carbocycles. The van der Waals surface area contributed by atoms with Gasteiger partial charge in [0.15, 0.2) is 0 Å². The fraction of sp³-hybridized carbons (Fsp3) is 0.286. The van der Waals surface area contributed by atoms with Gasteiger partial charge in [-0.3, -0.25) is 0 Å². The summed E-state index contributed by atoms with van der Waals surface area (Å²) in [5, 5.41) is 13.5. The minimum atomic E-state index is -3.70. The number of fused-ring (bicyclic) bond motifs is 3. The Morgan fingerprint density at radius 3 is 2.51 bits per heavy atom. The Morgan fingerprint density at radius 2 is 1.80 bits per heavy atom.